The molecule has 1 amide bonds. The maximum atomic E-state index is 12.4. The minimum atomic E-state index is -0.203. The van der Waals surface area contributed by atoms with Gasteiger partial charge in [-0.2, -0.15) is 5.10 Å². The van der Waals surface area contributed by atoms with Gasteiger partial charge in [0.15, 0.2) is 5.82 Å². The summed E-state index contributed by atoms with van der Waals surface area (Å²) in [5.41, 5.74) is 2.59. The predicted octanol–water partition coefficient (Wildman–Crippen LogP) is 2.76. The summed E-state index contributed by atoms with van der Waals surface area (Å²) in [6.07, 6.45) is 5.06. The van der Waals surface area contributed by atoms with Crippen molar-refractivity contribution in [2.45, 2.75) is 6.54 Å². The quantitative estimate of drug-likeness (QED) is 0.604. The summed E-state index contributed by atoms with van der Waals surface area (Å²) >= 11 is 0. The molecule has 0 saturated carbocycles. The number of benzene rings is 2. The van der Waals surface area contributed by atoms with Crippen LogP contribution in [0.2, 0.25) is 0 Å². The van der Waals surface area contributed by atoms with Crippen LogP contribution >= 0.6 is 0 Å². The van der Waals surface area contributed by atoms with Crippen LogP contribution < -0.4 is 5.32 Å². The van der Waals surface area contributed by atoms with Gasteiger partial charge in [0.25, 0.3) is 5.91 Å². The highest BCUT2D eigenvalue weighted by Crippen LogP contribution is 2.12. The summed E-state index contributed by atoms with van der Waals surface area (Å²) in [4.78, 5) is 12.4. The fraction of sp³-hybridized carbons (Fsp3) is 0.0526. The largest absolute Gasteiger partial charge is 0.305 e. The van der Waals surface area contributed by atoms with Gasteiger partial charge in [0, 0.05) is 23.5 Å². The van der Waals surface area contributed by atoms with Gasteiger partial charge in [-0.25, -0.2) is 0 Å². The molecule has 1 N–H and O–H groups in total. The lowest BCUT2D eigenvalue weighted by atomic mass is 10.2. The van der Waals surface area contributed by atoms with Crippen molar-refractivity contribution < 1.29 is 4.79 Å². The topological polar surface area (TPSA) is 77.6 Å². The van der Waals surface area contributed by atoms with E-state index in [2.05, 4.69) is 20.6 Å². The van der Waals surface area contributed by atoms with Crippen LogP contribution in [0.4, 0.5) is 5.82 Å². The number of hydrogen-bond donors (Lipinski definition) is 1. The van der Waals surface area contributed by atoms with E-state index in [1.807, 2.05) is 48.7 Å². The average Bonchev–Trinajstić information content (AvgIpc) is 3.35. The van der Waals surface area contributed by atoms with Crippen molar-refractivity contribution in [1.82, 2.24) is 24.5 Å². The van der Waals surface area contributed by atoms with E-state index in [-0.39, 0.29) is 5.91 Å². The SMILES string of the molecule is O=C(Nc1ccn(Cc2ccccc2)n1)c1ccc(-n2cnnc2)cc1. The second-order valence-electron chi connectivity index (χ2n) is 5.75. The molecule has 0 unspecified atom stereocenters. The van der Waals surface area contributed by atoms with Crippen molar-refractivity contribution in [3.8, 4) is 5.69 Å². The third-order valence-electron chi connectivity index (χ3n) is 3.92. The van der Waals surface area contributed by atoms with Crippen LogP contribution in [-0.4, -0.2) is 30.5 Å². The Morgan fingerprint density at radius 1 is 0.923 bits per heavy atom. The van der Waals surface area contributed by atoms with Crippen molar-refractivity contribution in [2.75, 3.05) is 5.32 Å². The van der Waals surface area contributed by atoms with Crippen LogP contribution in [0.1, 0.15) is 15.9 Å². The van der Waals surface area contributed by atoms with Crippen molar-refractivity contribution in [1.29, 1.82) is 0 Å². The smallest absolute Gasteiger partial charge is 0.256 e. The molecular formula is C19H16N6O. The summed E-state index contributed by atoms with van der Waals surface area (Å²) in [6, 6.07) is 19.0. The minimum Gasteiger partial charge on any atom is -0.305 e. The van der Waals surface area contributed by atoms with Gasteiger partial charge in [-0.05, 0) is 29.8 Å². The zero-order chi connectivity index (χ0) is 17.8. The minimum absolute atomic E-state index is 0.203. The van der Waals surface area contributed by atoms with Crippen LogP contribution in [0, 0.1) is 0 Å². The Labute approximate surface area is 149 Å². The molecule has 4 rings (SSSR count). The molecule has 7 heteroatoms. The molecule has 2 heterocycles. The molecular weight excluding hydrogens is 328 g/mol. The van der Waals surface area contributed by atoms with E-state index in [9.17, 15) is 4.79 Å². The normalized spacial score (nSPS) is 10.6. The summed E-state index contributed by atoms with van der Waals surface area (Å²) in [6.45, 7) is 0.657. The zero-order valence-electron chi connectivity index (χ0n) is 13.9. The van der Waals surface area contributed by atoms with Gasteiger partial charge in [0.2, 0.25) is 0 Å². The number of carbonyl (C=O) groups excluding carboxylic acids is 1. The Morgan fingerprint density at radius 2 is 1.65 bits per heavy atom. The maximum Gasteiger partial charge on any atom is 0.256 e. The average molecular weight is 344 g/mol. The lowest BCUT2D eigenvalue weighted by Crippen LogP contribution is -2.13. The van der Waals surface area contributed by atoms with Crippen LogP contribution in [0.5, 0.6) is 0 Å². The Kier molecular flexibility index (Phi) is 4.26. The lowest BCUT2D eigenvalue weighted by Gasteiger charge is -2.05. The first-order chi connectivity index (χ1) is 12.8. The van der Waals surface area contributed by atoms with E-state index < -0.39 is 0 Å². The fourth-order valence-electron chi connectivity index (χ4n) is 2.59. The molecule has 4 aromatic rings. The van der Waals surface area contributed by atoms with Crippen molar-refractivity contribution in [2.24, 2.45) is 0 Å². The number of amides is 1. The molecule has 0 aliphatic carbocycles. The molecule has 0 spiro atoms. The first-order valence-corrected chi connectivity index (χ1v) is 8.12. The van der Waals surface area contributed by atoms with Gasteiger partial charge in [-0.15, -0.1) is 10.2 Å². The van der Waals surface area contributed by atoms with Crippen LogP contribution in [0.15, 0.2) is 79.5 Å². The molecule has 0 aliphatic rings. The van der Waals surface area contributed by atoms with Gasteiger partial charge < -0.3 is 5.32 Å². The zero-order valence-corrected chi connectivity index (χ0v) is 13.9. The number of nitrogens with one attached hydrogen (secondary N) is 1. The Bertz CT molecular complexity index is 990. The Hall–Kier alpha value is -3.74. The van der Waals surface area contributed by atoms with Gasteiger partial charge in [-0.1, -0.05) is 30.3 Å². The number of nitrogens with zero attached hydrogens (tertiary/aromatic N) is 5. The molecule has 0 radical (unpaired) electrons. The highest BCUT2D eigenvalue weighted by atomic mass is 16.1. The summed E-state index contributed by atoms with van der Waals surface area (Å²) in [5.74, 6) is 0.319. The van der Waals surface area contributed by atoms with Crippen molar-refractivity contribution in [3.63, 3.8) is 0 Å². The molecule has 0 atom stereocenters. The van der Waals surface area contributed by atoms with Gasteiger partial charge in [0.1, 0.15) is 12.7 Å². The molecule has 2 aromatic carbocycles. The van der Waals surface area contributed by atoms with E-state index in [0.717, 1.165) is 11.3 Å². The predicted molar refractivity (Wildman–Crippen MR) is 97.1 cm³/mol. The number of aromatic nitrogens is 5. The fourth-order valence-corrected chi connectivity index (χ4v) is 2.59. The van der Waals surface area contributed by atoms with Crippen molar-refractivity contribution >= 4 is 11.7 Å². The third-order valence-corrected chi connectivity index (χ3v) is 3.92. The Balaban J connectivity index is 1.42. The first kappa shape index (κ1) is 15.8. The van der Waals surface area contributed by atoms with Crippen LogP contribution in [-0.2, 0) is 6.54 Å². The monoisotopic (exact) mass is 344 g/mol. The molecule has 7 nitrogen and oxygen atoms in total. The molecule has 128 valence electrons. The lowest BCUT2D eigenvalue weighted by molar-refractivity contribution is 0.102. The second kappa shape index (κ2) is 7.02. The van der Waals surface area contributed by atoms with Crippen LogP contribution in [0.25, 0.3) is 5.69 Å². The van der Waals surface area contributed by atoms with E-state index in [1.54, 1.807) is 40.1 Å². The van der Waals surface area contributed by atoms with E-state index >= 15 is 0 Å². The molecule has 0 bridgehead atoms. The summed E-state index contributed by atoms with van der Waals surface area (Å²) < 4.78 is 3.56. The van der Waals surface area contributed by atoms with Crippen LogP contribution in [0.3, 0.4) is 0 Å². The number of carbonyl (C=O) groups is 1. The van der Waals surface area contributed by atoms with Crippen molar-refractivity contribution in [3.05, 3.63) is 90.6 Å². The molecule has 2 aromatic heterocycles. The standard InChI is InChI=1S/C19H16N6O/c26-19(16-6-8-17(9-7-16)24-13-20-21-14-24)22-18-10-11-25(23-18)12-15-4-2-1-3-5-15/h1-11,13-14H,12H2,(H,22,23,26). The van der Waals surface area contributed by atoms with E-state index in [1.165, 1.54) is 0 Å². The van der Waals surface area contributed by atoms with Gasteiger partial charge in [0.05, 0.1) is 6.54 Å². The Morgan fingerprint density at radius 3 is 2.38 bits per heavy atom. The maximum absolute atomic E-state index is 12.4. The number of rotatable bonds is 5. The third kappa shape index (κ3) is 3.51. The first-order valence-electron chi connectivity index (χ1n) is 8.12. The summed E-state index contributed by atoms with van der Waals surface area (Å²) in [7, 11) is 0. The van der Waals surface area contributed by atoms with E-state index in [4.69, 9.17) is 0 Å². The second-order valence-corrected chi connectivity index (χ2v) is 5.75. The highest BCUT2D eigenvalue weighted by Gasteiger charge is 2.08. The molecule has 0 saturated heterocycles. The number of hydrogen-bond acceptors (Lipinski definition) is 4. The van der Waals surface area contributed by atoms with Gasteiger partial charge in [-0.3, -0.25) is 14.0 Å². The van der Waals surface area contributed by atoms with E-state index in [0.29, 0.717) is 17.9 Å². The molecule has 26 heavy (non-hydrogen) atoms. The molecule has 0 fully saturated rings. The van der Waals surface area contributed by atoms with Gasteiger partial charge >= 0.3 is 0 Å². The summed E-state index contributed by atoms with van der Waals surface area (Å²) in [5, 5.41) is 14.7. The molecule has 0 aliphatic heterocycles. The number of anilines is 1. The highest BCUT2D eigenvalue weighted by molar-refractivity contribution is 6.03.